The van der Waals surface area contributed by atoms with E-state index < -0.39 is 0 Å². The van der Waals surface area contributed by atoms with E-state index in [1.807, 2.05) is 54.6 Å². The Morgan fingerprint density at radius 1 is 1.10 bits per heavy atom. The first kappa shape index (κ1) is 13.9. The summed E-state index contributed by atoms with van der Waals surface area (Å²) in [5, 5.41) is 8.18. The summed E-state index contributed by atoms with van der Waals surface area (Å²) in [5.41, 5.74) is 5.69. The van der Waals surface area contributed by atoms with Crippen LogP contribution in [0.4, 0.5) is 0 Å². The zero-order valence-electron chi connectivity index (χ0n) is 11.1. The predicted molar refractivity (Wildman–Crippen MR) is 84.7 cm³/mol. The fourth-order valence-corrected chi connectivity index (χ4v) is 2.67. The summed E-state index contributed by atoms with van der Waals surface area (Å²) in [6, 6.07) is 17.6. The lowest BCUT2D eigenvalue weighted by Crippen LogP contribution is -2.30. The van der Waals surface area contributed by atoms with Gasteiger partial charge in [-0.3, -0.25) is 5.84 Å². The summed E-state index contributed by atoms with van der Waals surface area (Å²) in [4.78, 5) is 0. The zero-order valence-corrected chi connectivity index (χ0v) is 12.7. The minimum Gasteiger partial charge on any atom is -0.271 e. The molecule has 0 spiro atoms. The van der Waals surface area contributed by atoms with Crippen LogP contribution in [0.25, 0.3) is 5.69 Å². The van der Waals surface area contributed by atoms with Gasteiger partial charge in [-0.15, -0.1) is 5.10 Å². The smallest absolute Gasteiger partial charge is 0.0899 e. The number of hydrazine groups is 1. The fraction of sp³-hybridized carbons (Fsp3) is 0.0667. The van der Waals surface area contributed by atoms with Gasteiger partial charge in [-0.2, -0.15) is 0 Å². The standard InChI is InChI=1S/C15H14BrN5/c16-12-6-4-5-11(9-12)15(19-17)14-10-18-20-21(14)13-7-2-1-3-8-13/h1-10,15,19H,17H2. The molecule has 21 heavy (non-hydrogen) atoms. The predicted octanol–water partition coefficient (Wildman–Crippen LogP) is 2.58. The summed E-state index contributed by atoms with van der Waals surface area (Å²) in [6.45, 7) is 0. The highest BCUT2D eigenvalue weighted by molar-refractivity contribution is 9.10. The Bertz CT molecular complexity index is 726. The van der Waals surface area contributed by atoms with Gasteiger partial charge in [0.15, 0.2) is 0 Å². The summed E-state index contributed by atoms with van der Waals surface area (Å²) in [7, 11) is 0. The van der Waals surface area contributed by atoms with E-state index in [0.29, 0.717) is 0 Å². The first-order chi connectivity index (χ1) is 10.3. The quantitative estimate of drug-likeness (QED) is 0.564. The second-order valence-corrected chi connectivity index (χ2v) is 5.48. The van der Waals surface area contributed by atoms with Gasteiger partial charge in [0.05, 0.1) is 23.6 Å². The highest BCUT2D eigenvalue weighted by atomic mass is 79.9. The monoisotopic (exact) mass is 343 g/mol. The van der Waals surface area contributed by atoms with Crippen molar-refractivity contribution in [2.45, 2.75) is 6.04 Å². The van der Waals surface area contributed by atoms with Gasteiger partial charge in [0.25, 0.3) is 0 Å². The molecule has 6 heteroatoms. The van der Waals surface area contributed by atoms with Crippen molar-refractivity contribution in [3.63, 3.8) is 0 Å². The van der Waals surface area contributed by atoms with Crippen LogP contribution in [0.1, 0.15) is 17.3 Å². The van der Waals surface area contributed by atoms with E-state index in [2.05, 4.69) is 31.7 Å². The Morgan fingerprint density at radius 2 is 1.90 bits per heavy atom. The van der Waals surface area contributed by atoms with Crippen LogP contribution >= 0.6 is 15.9 Å². The number of nitrogens with zero attached hydrogens (tertiary/aromatic N) is 3. The highest BCUT2D eigenvalue weighted by Gasteiger charge is 2.19. The molecule has 2 aromatic carbocycles. The number of halogens is 1. The lowest BCUT2D eigenvalue weighted by molar-refractivity contribution is 0.595. The van der Waals surface area contributed by atoms with Crippen molar-refractivity contribution in [1.82, 2.24) is 20.4 Å². The molecule has 5 nitrogen and oxygen atoms in total. The Labute approximate surface area is 130 Å². The third-order valence-corrected chi connectivity index (χ3v) is 3.71. The first-order valence-electron chi connectivity index (χ1n) is 6.47. The highest BCUT2D eigenvalue weighted by Crippen LogP contribution is 2.24. The molecule has 3 aromatic rings. The molecule has 0 aliphatic carbocycles. The zero-order chi connectivity index (χ0) is 14.7. The first-order valence-corrected chi connectivity index (χ1v) is 7.26. The van der Waals surface area contributed by atoms with Gasteiger partial charge in [-0.05, 0) is 29.8 Å². The van der Waals surface area contributed by atoms with Crippen LogP contribution in [0.3, 0.4) is 0 Å². The maximum Gasteiger partial charge on any atom is 0.0899 e. The number of hydrogen-bond donors (Lipinski definition) is 2. The van der Waals surface area contributed by atoms with E-state index in [1.54, 1.807) is 10.9 Å². The third kappa shape index (κ3) is 2.87. The molecular formula is C15H14BrN5. The summed E-state index contributed by atoms with van der Waals surface area (Å²) >= 11 is 3.48. The van der Waals surface area contributed by atoms with Crippen LogP contribution in [0.5, 0.6) is 0 Å². The summed E-state index contributed by atoms with van der Waals surface area (Å²) in [6.07, 6.45) is 1.72. The number of hydrogen-bond acceptors (Lipinski definition) is 4. The molecule has 0 amide bonds. The molecule has 0 aliphatic heterocycles. The van der Waals surface area contributed by atoms with Crippen molar-refractivity contribution in [1.29, 1.82) is 0 Å². The fourth-order valence-electron chi connectivity index (χ4n) is 2.25. The van der Waals surface area contributed by atoms with E-state index in [0.717, 1.165) is 21.4 Å². The molecule has 1 atom stereocenters. The van der Waals surface area contributed by atoms with Crippen molar-refractivity contribution in [2.24, 2.45) is 5.84 Å². The van der Waals surface area contributed by atoms with Gasteiger partial charge in [0.1, 0.15) is 0 Å². The van der Waals surface area contributed by atoms with Crippen molar-refractivity contribution in [3.8, 4) is 5.69 Å². The van der Waals surface area contributed by atoms with E-state index in [4.69, 9.17) is 5.84 Å². The van der Waals surface area contributed by atoms with Gasteiger partial charge in [0, 0.05) is 4.47 Å². The molecule has 106 valence electrons. The molecule has 0 radical (unpaired) electrons. The largest absolute Gasteiger partial charge is 0.271 e. The number of para-hydroxylation sites is 1. The second kappa shape index (κ2) is 6.17. The minimum absolute atomic E-state index is 0.197. The Morgan fingerprint density at radius 3 is 2.62 bits per heavy atom. The van der Waals surface area contributed by atoms with Crippen LogP contribution in [-0.4, -0.2) is 15.0 Å². The van der Waals surface area contributed by atoms with Gasteiger partial charge >= 0.3 is 0 Å². The lowest BCUT2D eigenvalue weighted by Gasteiger charge is -2.17. The Balaban J connectivity index is 2.05. The average molecular weight is 344 g/mol. The van der Waals surface area contributed by atoms with Crippen LogP contribution in [0.15, 0.2) is 65.3 Å². The molecular weight excluding hydrogens is 330 g/mol. The normalized spacial score (nSPS) is 12.3. The molecule has 1 unspecified atom stereocenters. The number of nitrogens with two attached hydrogens (primary N) is 1. The maximum absolute atomic E-state index is 5.76. The molecule has 0 fully saturated rings. The third-order valence-electron chi connectivity index (χ3n) is 3.22. The average Bonchev–Trinajstić information content (AvgIpc) is 2.98. The van der Waals surface area contributed by atoms with Crippen LogP contribution < -0.4 is 11.3 Å². The number of benzene rings is 2. The SMILES string of the molecule is NNC(c1cccc(Br)c1)c1cnnn1-c1ccccc1. The van der Waals surface area contributed by atoms with Gasteiger partial charge in [-0.1, -0.05) is 51.5 Å². The van der Waals surface area contributed by atoms with Crippen molar-refractivity contribution in [2.75, 3.05) is 0 Å². The second-order valence-electron chi connectivity index (χ2n) is 4.56. The van der Waals surface area contributed by atoms with Crippen LogP contribution in [0.2, 0.25) is 0 Å². The summed E-state index contributed by atoms with van der Waals surface area (Å²) in [5.74, 6) is 5.76. The molecule has 0 saturated heterocycles. The van der Waals surface area contributed by atoms with E-state index in [1.165, 1.54) is 0 Å². The molecule has 0 saturated carbocycles. The number of rotatable bonds is 4. The Hall–Kier alpha value is -2.02. The van der Waals surface area contributed by atoms with Gasteiger partial charge in [-0.25, -0.2) is 10.1 Å². The lowest BCUT2D eigenvalue weighted by atomic mass is 10.0. The molecule has 1 aromatic heterocycles. The summed E-state index contributed by atoms with van der Waals surface area (Å²) < 4.78 is 2.78. The minimum atomic E-state index is -0.197. The van der Waals surface area contributed by atoms with Crippen molar-refractivity contribution < 1.29 is 0 Å². The van der Waals surface area contributed by atoms with Crippen LogP contribution in [0, 0.1) is 0 Å². The van der Waals surface area contributed by atoms with Crippen molar-refractivity contribution >= 4 is 15.9 Å². The van der Waals surface area contributed by atoms with E-state index in [-0.39, 0.29) is 6.04 Å². The Kier molecular flexibility index (Phi) is 4.10. The number of nitrogens with one attached hydrogen (secondary N) is 1. The molecule has 0 aliphatic rings. The van der Waals surface area contributed by atoms with Gasteiger partial charge in [0.2, 0.25) is 0 Å². The molecule has 3 rings (SSSR count). The topological polar surface area (TPSA) is 68.8 Å². The van der Waals surface area contributed by atoms with Crippen molar-refractivity contribution in [3.05, 3.63) is 76.5 Å². The number of aromatic nitrogens is 3. The molecule has 0 bridgehead atoms. The van der Waals surface area contributed by atoms with E-state index >= 15 is 0 Å². The van der Waals surface area contributed by atoms with E-state index in [9.17, 15) is 0 Å². The van der Waals surface area contributed by atoms with Crippen LogP contribution in [-0.2, 0) is 0 Å². The molecule has 3 N–H and O–H groups in total. The van der Waals surface area contributed by atoms with Gasteiger partial charge < -0.3 is 0 Å². The molecule has 1 heterocycles. The maximum atomic E-state index is 5.76.